The van der Waals surface area contributed by atoms with Gasteiger partial charge in [0, 0.05) is 6.04 Å². The first-order chi connectivity index (χ1) is 9.56. The topological polar surface area (TPSA) is 29.1 Å². The number of carbonyl (C=O) groups is 1. The fraction of sp³-hybridized carbons (Fsp3) is 0.588. The molecule has 2 atom stereocenters. The lowest BCUT2D eigenvalue weighted by molar-refractivity contribution is -0.121. The molecule has 0 heterocycles. The van der Waals surface area contributed by atoms with Crippen LogP contribution in [0, 0.1) is 13.8 Å². The first-order valence-corrected chi connectivity index (χ1v) is 7.99. The second kappa shape index (κ2) is 7.12. The zero-order valence-corrected chi connectivity index (χ0v) is 13.2. The van der Waals surface area contributed by atoms with Crippen LogP contribution in [0.4, 0.5) is 0 Å². The van der Waals surface area contributed by atoms with E-state index in [0.717, 1.165) is 24.8 Å². The molecule has 1 aliphatic rings. The number of rotatable bonds is 3. The molecule has 1 saturated carbocycles. The fourth-order valence-corrected chi connectivity index (χ4v) is 3.19. The van der Waals surface area contributed by atoms with E-state index in [9.17, 15) is 4.79 Å². The Balaban J connectivity index is 1.96. The fourth-order valence-electron chi connectivity index (χ4n) is 2.85. The highest BCUT2D eigenvalue weighted by atomic mass is 35.5. The highest BCUT2D eigenvalue weighted by Crippen LogP contribution is 2.22. The van der Waals surface area contributed by atoms with E-state index in [2.05, 4.69) is 37.4 Å². The highest BCUT2D eigenvalue weighted by molar-refractivity contribution is 6.21. The number of alkyl halides is 1. The van der Waals surface area contributed by atoms with Crippen LogP contribution < -0.4 is 5.32 Å². The summed E-state index contributed by atoms with van der Waals surface area (Å²) in [5.41, 5.74) is 3.49. The van der Waals surface area contributed by atoms with Crippen LogP contribution in [0.5, 0.6) is 0 Å². The first kappa shape index (κ1) is 15.4. The van der Waals surface area contributed by atoms with Crippen LogP contribution in [0.3, 0.4) is 0 Å². The van der Waals surface area contributed by atoms with Crippen LogP contribution in [-0.4, -0.2) is 17.3 Å². The Morgan fingerprint density at radius 1 is 1.25 bits per heavy atom. The van der Waals surface area contributed by atoms with Gasteiger partial charge in [-0.1, -0.05) is 43.0 Å². The van der Waals surface area contributed by atoms with Crippen molar-refractivity contribution >= 4 is 17.5 Å². The van der Waals surface area contributed by atoms with E-state index in [0.29, 0.717) is 6.42 Å². The molecule has 1 fully saturated rings. The molecule has 2 unspecified atom stereocenters. The van der Waals surface area contributed by atoms with Gasteiger partial charge in [0.1, 0.15) is 0 Å². The Labute approximate surface area is 126 Å². The maximum Gasteiger partial charge on any atom is 0.224 e. The molecule has 2 nitrogen and oxygen atoms in total. The molecule has 2 rings (SSSR count). The summed E-state index contributed by atoms with van der Waals surface area (Å²) < 4.78 is 0. The molecule has 20 heavy (non-hydrogen) atoms. The number of nitrogens with one attached hydrogen (secondary N) is 1. The number of halogens is 1. The molecule has 0 aromatic heterocycles. The lowest BCUT2D eigenvalue weighted by Gasteiger charge is -2.21. The molecule has 0 radical (unpaired) electrons. The molecule has 0 saturated heterocycles. The quantitative estimate of drug-likeness (QED) is 0.664. The molecular formula is C17H24ClNO. The summed E-state index contributed by atoms with van der Waals surface area (Å²) in [4.78, 5) is 12.2. The Bertz CT molecular complexity index is 472. The van der Waals surface area contributed by atoms with Crippen LogP contribution in [0.15, 0.2) is 18.2 Å². The van der Waals surface area contributed by atoms with Crippen molar-refractivity contribution in [3.05, 3.63) is 34.9 Å². The van der Waals surface area contributed by atoms with Crippen LogP contribution >= 0.6 is 11.6 Å². The lowest BCUT2D eigenvalue weighted by Crippen LogP contribution is -2.41. The molecule has 1 amide bonds. The summed E-state index contributed by atoms with van der Waals surface area (Å²) in [7, 11) is 0. The van der Waals surface area contributed by atoms with Crippen molar-refractivity contribution in [3.8, 4) is 0 Å². The molecule has 0 spiro atoms. The molecule has 1 N–H and O–H groups in total. The van der Waals surface area contributed by atoms with Gasteiger partial charge in [-0.2, -0.15) is 0 Å². The third-order valence-corrected chi connectivity index (χ3v) is 4.66. The standard InChI is InChI=1S/C17H24ClNO/c1-12-8-9-13(2)14(10-12)11-17(20)19-16-7-5-3-4-6-15(16)18/h8-10,15-16H,3-7,11H2,1-2H3,(H,19,20). The van der Waals surface area contributed by atoms with E-state index in [4.69, 9.17) is 11.6 Å². The van der Waals surface area contributed by atoms with Crippen molar-refractivity contribution in [1.29, 1.82) is 0 Å². The van der Waals surface area contributed by atoms with E-state index >= 15 is 0 Å². The third-order valence-electron chi connectivity index (χ3n) is 4.13. The second-order valence-electron chi connectivity index (χ2n) is 5.93. The molecule has 0 bridgehead atoms. The number of amides is 1. The second-order valence-corrected chi connectivity index (χ2v) is 6.50. The molecule has 1 aliphatic carbocycles. The Morgan fingerprint density at radius 2 is 2.00 bits per heavy atom. The SMILES string of the molecule is Cc1ccc(C)c(CC(=O)NC2CCCCCC2Cl)c1. The Morgan fingerprint density at radius 3 is 2.80 bits per heavy atom. The minimum Gasteiger partial charge on any atom is -0.352 e. The average molecular weight is 294 g/mol. The summed E-state index contributed by atoms with van der Waals surface area (Å²) in [5, 5.41) is 3.22. The van der Waals surface area contributed by atoms with Crippen LogP contribution in [0.1, 0.15) is 48.8 Å². The summed E-state index contributed by atoms with van der Waals surface area (Å²) >= 11 is 6.38. The van der Waals surface area contributed by atoms with E-state index in [1.54, 1.807) is 0 Å². The summed E-state index contributed by atoms with van der Waals surface area (Å²) in [6, 6.07) is 6.39. The first-order valence-electron chi connectivity index (χ1n) is 7.56. The normalized spacial score (nSPS) is 23.1. The Kier molecular flexibility index (Phi) is 5.47. The maximum absolute atomic E-state index is 12.2. The van der Waals surface area contributed by atoms with Gasteiger partial charge in [-0.3, -0.25) is 4.79 Å². The van der Waals surface area contributed by atoms with Crippen molar-refractivity contribution < 1.29 is 4.79 Å². The third kappa shape index (κ3) is 4.24. The molecule has 1 aromatic carbocycles. The summed E-state index contributed by atoms with van der Waals surface area (Å²) in [5.74, 6) is 0.0938. The van der Waals surface area contributed by atoms with Gasteiger partial charge in [-0.05, 0) is 37.8 Å². The molecule has 1 aromatic rings. The predicted octanol–water partition coefficient (Wildman–Crippen LogP) is 3.90. The van der Waals surface area contributed by atoms with Crippen molar-refractivity contribution in [3.63, 3.8) is 0 Å². The van der Waals surface area contributed by atoms with Gasteiger partial charge in [0.25, 0.3) is 0 Å². The number of carbonyl (C=O) groups excluding carboxylic acids is 1. The summed E-state index contributed by atoms with van der Waals surface area (Å²) in [6.07, 6.45) is 6.04. The summed E-state index contributed by atoms with van der Waals surface area (Å²) in [6.45, 7) is 4.11. The largest absolute Gasteiger partial charge is 0.352 e. The lowest BCUT2D eigenvalue weighted by atomic mass is 10.0. The van der Waals surface area contributed by atoms with Gasteiger partial charge in [-0.25, -0.2) is 0 Å². The number of hydrogen-bond donors (Lipinski definition) is 1. The van der Waals surface area contributed by atoms with Crippen molar-refractivity contribution in [2.75, 3.05) is 0 Å². The number of hydrogen-bond acceptors (Lipinski definition) is 1. The van der Waals surface area contributed by atoms with Gasteiger partial charge in [0.2, 0.25) is 5.91 Å². The predicted molar refractivity (Wildman–Crippen MR) is 84.3 cm³/mol. The van der Waals surface area contributed by atoms with Gasteiger partial charge in [0.05, 0.1) is 11.8 Å². The maximum atomic E-state index is 12.2. The number of aryl methyl sites for hydroxylation is 2. The van der Waals surface area contributed by atoms with Gasteiger partial charge in [0.15, 0.2) is 0 Å². The monoisotopic (exact) mass is 293 g/mol. The minimum atomic E-state index is 0.0834. The average Bonchev–Trinajstić information content (AvgIpc) is 2.59. The zero-order chi connectivity index (χ0) is 14.5. The smallest absolute Gasteiger partial charge is 0.224 e. The van der Waals surface area contributed by atoms with Crippen LogP contribution in [-0.2, 0) is 11.2 Å². The van der Waals surface area contributed by atoms with E-state index < -0.39 is 0 Å². The van der Waals surface area contributed by atoms with Gasteiger partial charge in [-0.15, -0.1) is 11.6 Å². The molecule has 110 valence electrons. The van der Waals surface area contributed by atoms with E-state index in [1.165, 1.54) is 24.0 Å². The van der Waals surface area contributed by atoms with Crippen LogP contribution in [0.2, 0.25) is 0 Å². The molecular weight excluding hydrogens is 270 g/mol. The van der Waals surface area contributed by atoms with E-state index in [1.807, 2.05) is 0 Å². The Hall–Kier alpha value is -1.02. The van der Waals surface area contributed by atoms with Gasteiger partial charge >= 0.3 is 0 Å². The van der Waals surface area contributed by atoms with Gasteiger partial charge < -0.3 is 5.32 Å². The van der Waals surface area contributed by atoms with Crippen molar-refractivity contribution in [1.82, 2.24) is 5.32 Å². The minimum absolute atomic E-state index is 0.0834. The van der Waals surface area contributed by atoms with Crippen LogP contribution in [0.25, 0.3) is 0 Å². The van der Waals surface area contributed by atoms with Crippen molar-refractivity contribution in [2.24, 2.45) is 0 Å². The zero-order valence-electron chi connectivity index (χ0n) is 12.4. The van der Waals surface area contributed by atoms with E-state index in [-0.39, 0.29) is 17.3 Å². The number of benzene rings is 1. The van der Waals surface area contributed by atoms with Crippen molar-refractivity contribution in [2.45, 2.75) is 63.8 Å². The highest BCUT2D eigenvalue weighted by Gasteiger charge is 2.23. The molecule has 3 heteroatoms. The molecule has 0 aliphatic heterocycles.